The van der Waals surface area contributed by atoms with Crippen molar-refractivity contribution in [1.29, 1.82) is 0 Å². The monoisotopic (exact) mass is 446 g/mol. The summed E-state index contributed by atoms with van der Waals surface area (Å²) in [5.74, 6) is 0.573. The second-order valence-corrected chi connectivity index (χ2v) is 8.25. The molecule has 30 heavy (non-hydrogen) atoms. The fourth-order valence-electron chi connectivity index (χ4n) is 2.56. The number of hydrogen-bond donors (Lipinski definition) is 2. The van der Waals surface area contributed by atoms with E-state index in [9.17, 15) is 13.2 Å². The Balaban J connectivity index is 1.60. The van der Waals surface area contributed by atoms with Gasteiger partial charge in [-0.1, -0.05) is 29.8 Å². The zero-order valence-corrected chi connectivity index (χ0v) is 17.5. The van der Waals surface area contributed by atoms with E-state index < -0.39 is 15.9 Å². The van der Waals surface area contributed by atoms with Gasteiger partial charge in [0.15, 0.2) is 18.1 Å². The van der Waals surface area contributed by atoms with Crippen molar-refractivity contribution in [2.75, 3.05) is 23.8 Å². The van der Waals surface area contributed by atoms with E-state index in [0.29, 0.717) is 27.9 Å². The molecule has 3 aromatic rings. The second-order valence-electron chi connectivity index (χ2n) is 6.13. The van der Waals surface area contributed by atoms with E-state index in [-0.39, 0.29) is 11.5 Å². The highest BCUT2D eigenvalue weighted by molar-refractivity contribution is 7.92. The largest absolute Gasteiger partial charge is 0.493 e. The maximum absolute atomic E-state index is 12.5. The number of hydrogen-bond acceptors (Lipinski definition) is 5. The first-order valence-corrected chi connectivity index (χ1v) is 10.7. The van der Waals surface area contributed by atoms with Gasteiger partial charge in [0.1, 0.15) is 0 Å². The van der Waals surface area contributed by atoms with Crippen LogP contribution in [0.1, 0.15) is 0 Å². The molecule has 3 aromatic carbocycles. The third kappa shape index (κ3) is 5.65. The van der Waals surface area contributed by atoms with E-state index in [1.807, 2.05) is 0 Å². The van der Waals surface area contributed by atoms with Gasteiger partial charge in [0.05, 0.1) is 17.7 Å². The normalized spacial score (nSPS) is 10.9. The van der Waals surface area contributed by atoms with Crippen LogP contribution in [0.5, 0.6) is 11.5 Å². The van der Waals surface area contributed by atoms with Crippen molar-refractivity contribution in [1.82, 2.24) is 0 Å². The minimum atomic E-state index is -3.79. The molecule has 0 aliphatic heterocycles. The SMILES string of the molecule is COc1ccccc1OCC(=O)Nc1ccc(S(=O)(=O)Nc2cccc(Cl)c2)cc1. The fourth-order valence-corrected chi connectivity index (χ4v) is 3.80. The number of methoxy groups -OCH3 is 1. The summed E-state index contributed by atoms with van der Waals surface area (Å²) in [4.78, 5) is 12.2. The van der Waals surface area contributed by atoms with Crippen LogP contribution in [-0.4, -0.2) is 28.0 Å². The molecule has 0 unspecified atom stereocenters. The number of amides is 1. The van der Waals surface area contributed by atoms with Crippen molar-refractivity contribution in [3.8, 4) is 11.5 Å². The van der Waals surface area contributed by atoms with Crippen molar-refractivity contribution in [3.05, 3.63) is 77.8 Å². The average molecular weight is 447 g/mol. The lowest BCUT2D eigenvalue weighted by molar-refractivity contribution is -0.118. The van der Waals surface area contributed by atoms with Crippen molar-refractivity contribution in [3.63, 3.8) is 0 Å². The summed E-state index contributed by atoms with van der Waals surface area (Å²) < 4.78 is 38.1. The fraction of sp³-hybridized carbons (Fsp3) is 0.0952. The molecule has 0 fully saturated rings. The predicted octanol–water partition coefficient (Wildman–Crippen LogP) is 4.17. The number of sulfonamides is 1. The molecule has 0 aromatic heterocycles. The van der Waals surface area contributed by atoms with Gasteiger partial charge < -0.3 is 14.8 Å². The maximum atomic E-state index is 12.5. The number of anilines is 2. The number of carbonyl (C=O) groups excluding carboxylic acids is 1. The van der Waals surface area contributed by atoms with Gasteiger partial charge in [-0.05, 0) is 54.6 Å². The van der Waals surface area contributed by atoms with Gasteiger partial charge in [-0.3, -0.25) is 9.52 Å². The van der Waals surface area contributed by atoms with Gasteiger partial charge in [-0.25, -0.2) is 8.42 Å². The molecule has 0 radical (unpaired) electrons. The standard InChI is InChI=1S/C21H19ClN2O5S/c1-28-19-7-2-3-8-20(19)29-14-21(25)23-16-9-11-18(12-10-16)30(26,27)24-17-6-4-5-15(22)13-17/h2-13,24H,14H2,1H3,(H,23,25). The number of nitrogens with one attached hydrogen (secondary N) is 2. The smallest absolute Gasteiger partial charge is 0.262 e. The summed E-state index contributed by atoms with van der Waals surface area (Å²) in [6.07, 6.45) is 0. The Kier molecular flexibility index (Phi) is 6.81. The highest BCUT2D eigenvalue weighted by atomic mass is 35.5. The van der Waals surface area contributed by atoms with Crippen LogP contribution in [0.4, 0.5) is 11.4 Å². The zero-order chi connectivity index (χ0) is 21.6. The Bertz CT molecular complexity index is 1130. The Morgan fingerprint density at radius 1 is 0.933 bits per heavy atom. The Hall–Kier alpha value is -3.23. The van der Waals surface area contributed by atoms with Crippen molar-refractivity contribution >= 4 is 38.9 Å². The summed E-state index contributed by atoms with van der Waals surface area (Å²) in [7, 11) is -2.28. The first-order chi connectivity index (χ1) is 14.4. The third-order valence-corrected chi connectivity index (χ3v) is 5.59. The molecule has 9 heteroatoms. The van der Waals surface area contributed by atoms with Crippen LogP contribution in [0.3, 0.4) is 0 Å². The summed E-state index contributed by atoms with van der Waals surface area (Å²) >= 11 is 5.88. The summed E-state index contributed by atoms with van der Waals surface area (Å²) in [6.45, 7) is -0.225. The van der Waals surface area contributed by atoms with Crippen molar-refractivity contribution < 1.29 is 22.7 Å². The van der Waals surface area contributed by atoms with Crippen LogP contribution in [-0.2, 0) is 14.8 Å². The number of rotatable bonds is 8. The summed E-state index contributed by atoms with van der Waals surface area (Å²) in [5, 5.41) is 3.07. The molecule has 0 aliphatic rings. The molecular formula is C21H19ClN2O5S. The molecule has 0 spiro atoms. The lowest BCUT2D eigenvalue weighted by Crippen LogP contribution is -2.20. The van der Waals surface area contributed by atoms with E-state index in [4.69, 9.17) is 21.1 Å². The third-order valence-electron chi connectivity index (χ3n) is 3.95. The minimum absolute atomic E-state index is 0.0470. The quantitative estimate of drug-likeness (QED) is 0.541. The number of para-hydroxylation sites is 2. The van der Waals surface area contributed by atoms with E-state index in [2.05, 4.69) is 10.0 Å². The lowest BCUT2D eigenvalue weighted by atomic mass is 10.3. The minimum Gasteiger partial charge on any atom is -0.493 e. The number of ether oxygens (including phenoxy) is 2. The molecule has 3 rings (SSSR count). The van der Waals surface area contributed by atoms with Crippen molar-refractivity contribution in [2.45, 2.75) is 4.90 Å². The van der Waals surface area contributed by atoms with Gasteiger partial charge in [0, 0.05) is 10.7 Å². The van der Waals surface area contributed by atoms with Crippen LogP contribution in [0.25, 0.3) is 0 Å². The number of halogens is 1. The molecule has 2 N–H and O–H groups in total. The van der Waals surface area contributed by atoms with E-state index in [0.717, 1.165) is 0 Å². The summed E-state index contributed by atoms with van der Waals surface area (Å²) in [5.41, 5.74) is 0.790. The number of benzene rings is 3. The summed E-state index contributed by atoms with van der Waals surface area (Å²) in [6, 6.07) is 19.2. The molecule has 7 nitrogen and oxygen atoms in total. The van der Waals surface area contributed by atoms with Crippen LogP contribution >= 0.6 is 11.6 Å². The Morgan fingerprint density at radius 2 is 1.63 bits per heavy atom. The molecule has 1 amide bonds. The van der Waals surface area contributed by atoms with Gasteiger partial charge in [0.2, 0.25) is 0 Å². The van der Waals surface area contributed by atoms with Crippen molar-refractivity contribution in [2.24, 2.45) is 0 Å². The first kappa shape index (κ1) is 21.5. The topological polar surface area (TPSA) is 93.7 Å². The lowest BCUT2D eigenvalue weighted by Gasteiger charge is -2.11. The van der Waals surface area contributed by atoms with E-state index in [1.54, 1.807) is 42.5 Å². The Labute approximate surface area is 179 Å². The Morgan fingerprint density at radius 3 is 2.30 bits per heavy atom. The number of carbonyl (C=O) groups is 1. The second kappa shape index (κ2) is 9.51. The molecule has 0 saturated carbocycles. The molecular weight excluding hydrogens is 428 g/mol. The molecule has 0 aliphatic carbocycles. The van der Waals surface area contributed by atoms with Crippen LogP contribution in [0, 0.1) is 0 Å². The highest BCUT2D eigenvalue weighted by Gasteiger charge is 2.15. The molecule has 0 bridgehead atoms. The van der Waals surface area contributed by atoms with Gasteiger partial charge >= 0.3 is 0 Å². The van der Waals surface area contributed by atoms with Gasteiger partial charge in [-0.15, -0.1) is 0 Å². The molecule has 0 atom stereocenters. The van der Waals surface area contributed by atoms with Crippen LogP contribution in [0.15, 0.2) is 77.7 Å². The highest BCUT2D eigenvalue weighted by Crippen LogP contribution is 2.25. The molecule has 156 valence electrons. The van der Waals surface area contributed by atoms with Crippen LogP contribution < -0.4 is 19.5 Å². The average Bonchev–Trinajstić information content (AvgIpc) is 2.72. The van der Waals surface area contributed by atoms with E-state index >= 15 is 0 Å². The van der Waals surface area contributed by atoms with Gasteiger partial charge in [-0.2, -0.15) is 0 Å². The maximum Gasteiger partial charge on any atom is 0.262 e. The first-order valence-electron chi connectivity index (χ1n) is 8.81. The molecule has 0 saturated heterocycles. The zero-order valence-electron chi connectivity index (χ0n) is 16.0. The van der Waals surface area contributed by atoms with Gasteiger partial charge in [0.25, 0.3) is 15.9 Å². The molecule has 0 heterocycles. The van der Waals surface area contributed by atoms with Crippen LogP contribution in [0.2, 0.25) is 5.02 Å². The predicted molar refractivity (Wildman–Crippen MR) is 116 cm³/mol. The van der Waals surface area contributed by atoms with E-state index in [1.165, 1.54) is 37.4 Å².